The van der Waals surface area contributed by atoms with Crippen LogP contribution in [0.3, 0.4) is 0 Å². The van der Waals surface area contributed by atoms with Crippen LogP contribution in [0.4, 0.5) is 14.6 Å². The molecule has 1 aliphatic heterocycles. The van der Waals surface area contributed by atoms with E-state index >= 15 is 0 Å². The Balaban J connectivity index is 1.39. The van der Waals surface area contributed by atoms with Crippen LogP contribution in [0.5, 0.6) is 0 Å². The standard InChI is InChI=1S/C21H25F2N7O/c22-20(23)15(24)5-6-18-25-10-17(29-18)16-8-19(28-12-27-16)30-7-1-2-13(11-30)9-26-21(31)14-3-4-14/h5-6,8,10,12-14,20,24H,1-4,7,9,11H2,(H,25,29)(H,26,31)/b6-5-,24-15?. The number of piperidine rings is 1. The molecule has 164 valence electrons. The van der Waals surface area contributed by atoms with Gasteiger partial charge >= 0.3 is 0 Å². The van der Waals surface area contributed by atoms with Crippen LogP contribution < -0.4 is 10.2 Å². The third-order valence-corrected chi connectivity index (χ3v) is 5.54. The van der Waals surface area contributed by atoms with E-state index in [1.165, 1.54) is 12.4 Å². The maximum Gasteiger partial charge on any atom is 0.279 e. The van der Waals surface area contributed by atoms with Gasteiger partial charge in [-0.2, -0.15) is 0 Å². The molecule has 0 radical (unpaired) electrons. The molecule has 3 heterocycles. The second-order valence-electron chi connectivity index (χ2n) is 8.01. The molecular formula is C21H25F2N7O. The van der Waals surface area contributed by atoms with E-state index in [4.69, 9.17) is 5.41 Å². The number of rotatable bonds is 8. The number of allylic oxidation sites excluding steroid dienone is 1. The lowest BCUT2D eigenvalue weighted by Gasteiger charge is -2.33. The second kappa shape index (κ2) is 9.32. The number of halogens is 2. The third kappa shape index (κ3) is 5.50. The van der Waals surface area contributed by atoms with E-state index in [0.29, 0.717) is 29.7 Å². The van der Waals surface area contributed by atoms with Gasteiger partial charge in [0, 0.05) is 31.6 Å². The Kier molecular flexibility index (Phi) is 6.34. The fourth-order valence-electron chi connectivity index (χ4n) is 3.63. The molecule has 1 saturated heterocycles. The van der Waals surface area contributed by atoms with E-state index < -0.39 is 12.1 Å². The van der Waals surface area contributed by atoms with E-state index in [0.717, 1.165) is 50.7 Å². The molecular weight excluding hydrogens is 404 g/mol. The van der Waals surface area contributed by atoms with Crippen molar-refractivity contribution < 1.29 is 13.6 Å². The number of alkyl halides is 2. The molecule has 31 heavy (non-hydrogen) atoms. The van der Waals surface area contributed by atoms with Gasteiger partial charge in [-0.25, -0.2) is 23.7 Å². The molecule has 0 spiro atoms. The minimum Gasteiger partial charge on any atom is -0.356 e. The maximum absolute atomic E-state index is 12.4. The van der Waals surface area contributed by atoms with E-state index in [1.54, 1.807) is 6.20 Å². The lowest BCUT2D eigenvalue weighted by atomic mass is 9.98. The zero-order valence-corrected chi connectivity index (χ0v) is 17.0. The molecule has 1 amide bonds. The van der Waals surface area contributed by atoms with E-state index in [1.807, 2.05) is 6.07 Å². The quantitative estimate of drug-likeness (QED) is 0.559. The molecule has 2 fully saturated rings. The summed E-state index contributed by atoms with van der Waals surface area (Å²) in [6, 6.07) is 1.87. The van der Waals surface area contributed by atoms with Gasteiger partial charge in [-0.15, -0.1) is 0 Å². The zero-order chi connectivity index (χ0) is 21.8. The highest BCUT2D eigenvalue weighted by molar-refractivity contribution is 5.97. The topological polar surface area (TPSA) is 111 Å². The number of nitrogens with zero attached hydrogens (tertiary/aromatic N) is 4. The fraction of sp³-hybridized carbons (Fsp3) is 0.476. The molecule has 10 heteroatoms. The predicted molar refractivity (Wildman–Crippen MR) is 113 cm³/mol. The van der Waals surface area contributed by atoms with Crippen LogP contribution in [0.2, 0.25) is 0 Å². The van der Waals surface area contributed by atoms with Crippen molar-refractivity contribution in [3.63, 3.8) is 0 Å². The van der Waals surface area contributed by atoms with Crippen molar-refractivity contribution in [1.82, 2.24) is 25.3 Å². The smallest absolute Gasteiger partial charge is 0.279 e. The average Bonchev–Trinajstić information content (AvgIpc) is 3.54. The van der Waals surface area contributed by atoms with Gasteiger partial charge in [-0.3, -0.25) is 10.2 Å². The first kappa shape index (κ1) is 21.1. The van der Waals surface area contributed by atoms with Crippen LogP contribution >= 0.6 is 0 Å². The summed E-state index contributed by atoms with van der Waals surface area (Å²) in [5.41, 5.74) is 0.512. The first-order valence-electron chi connectivity index (χ1n) is 10.4. The third-order valence-electron chi connectivity index (χ3n) is 5.54. The molecule has 0 bridgehead atoms. The van der Waals surface area contributed by atoms with Crippen LogP contribution in [-0.2, 0) is 4.79 Å². The summed E-state index contributed by atoms with van der Waals surface area (Å²) in [5, 5.41) is 10.2. The van der Waals surface area contributed by atoms with Crippen LogP contribution in [0, 0.1) is 17.2 Å². The second-order valence-corrected chi connectivity index (χ2v) is 8.01. The maximum atomic E-state index is 12.4. The number of H-pyrrole nitrogens is 1. The molecule has 2 aromatic rings. The summed E-state index contributed by atoms with van der Waals surface area (Å²) >= 11 is 0. The van der Waals surface area contributed by atoms with Crippen LogP contribution in [0.25, 0.3) is 17.5 Å². The van der Waals surface area contributed by atoms with Crippen molar-refractivity contribution in [2.45, 2.75) is 32.1 Å². The van der Waals surface area contributed by atoms with Gasteiger partial charge in [0.2, 0.25) is 5.91 Å². The first-order valence-corrected chi connectivity index (χ1v) is 10.4. The Morgan fingerprint density at radius 3 is 2.94 bits per heavy atom. The summed E-state index contributed by atoms with van der Waals surface area (Å²) < 4.78 is 24.9. The Morgan fingerprint density at radius 2 is 2.16 bits per heavy atom. The number of hydrogen-bond acceptors (Lipinski definition) is 6. The van der Waals surface area contributed by atoms with Gasteiger partial charge in [0.15, 0.2) is 0 Å². The highest BCUT2D eigenvalue weighted by Gasteiger charge is 2.30. The number of nitrogens with one attached hydrogen (secondary N) is 3. The fourth-order valence-corrected chi connectivity index (χ4v) is 3.63. The van der Waals surface area contributed by atoms with E-state index in [2.05, 4.69) is 30.2 Å². The zero-order valence-electron chi connectivity index (χ0n) is 17.0. The molecule has 1 unspecified atom stereocenters. The minimum atomic E-state index is -2.81. The number of hydrogen-bond donors (Lipinski definition) is 3. The van der Waals surface area contributed by atoms with Crippen molar-refractivity contribution >= 4 is 23.5 Å². The lowest BCUT2D eigenvalue weighted by molar-refractivity contribution is -0.122. The van der Waals surface area contributed by atoms with Crippen molar-refractivity contribution in [1.29, 1.82) is 5.41 Å². The molecule has 0 aromatic carbocycles. The summed E-state index contributed by atoms with van der Waals surface area (Å²) in [4.78, 5) is 30.0. The SMILES string of the molecule is N=C(/C=C\c1ncc(-c2cc(N3CCCC(CNC(=O)C4CC4)C3)ncn2)[nH]1)C(F)F. The number of carbonyl (C=O) groups is 1. The number of aromatic nitrogens is 4. The Morgan fingerprint density at radius 1 is 1.32 bits per heavy atom. The molecule has 4 rings (SSSR count). The Bertz CT molecular complexity index is 970. The number of amides is 1. The summed E-state index contributed by atoms with van der Waals surface area (Å²) in [5.74, 6) is 1.94. The minimum absolute atomic E-state index is 0.175. The van der Waals surface area contributed by atoms with Crippen molar-refractivity contribution in [3.05, 3.63) is 30.5 Å². The van der Waals surface area contributed by atoms with Gasteiger partial charge in [-0.1, -0.05) is 0 Å². The summed E-state index contributed by atoms with van der Waals surface area (Å²) in [6.07, 6.45) is 6.72. The average molecular weight is 429 g/mol. The monoisotopic (exact) mass is 429 g/mol. The highest BCUT2D eigenvalue weighted by atomic mass is 19.3. The van der Waals surface area contributed by atoms with Gasteiger partial charge < -0.3 is 15.2 Å². The van der Waals surface area contributed by atoms with Crippen molar-refractivity contribution in [2.24, 2.45) is 11.8 Å². The predicted octanol–water partition coefficient (Wildman–Crippen LogP) is 2.91. The van der Waals surface area contributed by atoms with E-state index in [9.17, 15) is 13.6 Å². The normalized spacial score (nSPS) is 19.2. The summed E-state index contributed by atoms with van der Waals surface area (Å²) in [7, 11) is 0. The van der Waals surface area contributed by atoms with Gasteiger partial charge in [-0.05, 0) is 43.8 Å². The molecule has 1 aliphatic carbocycles. The van der Waals surface area contributed by atoms with Gasteiger partial charge in [0.05, 0.1) is 23.3 Å². The van der Waals surface area contributed by atoms with Crippen LogP contribution in [0.1, 0.15) is 31.5 Å². The number of carbonyl (C=O) groups excluding carboxylic acids is 1. The summed E-state index contributed by atoms with van der Waals surface area (Å²) in [6.45, 7) is 2.39. The number of imidazole rings is 1. The van der Waals surface area contributed by atoms with E-state index in [-0.39, 0.29) is 11.8 Å². The Hall–Kier alpha value is -3.17. The largest absolute Gasteiger partial charge is 0.356 e. The Labute approximate surface area is 178 Å². The van der Waals surface area contributed by atoms with Crippen molar-refractivity contribution in [3.8, 4) is 11.4 Å². The molecule has 3 N–H and O–H groups in total. The van der Waals surface area contributed by atoms with Gasteiger partial charge in [0.1, 0.15) is 18.0 Å². The van der Waals surface area contributed by atoms with Crippen LogP contribution in [-0.4, -0.2) is 57.6 Å². The van der Waals surface area contributed by atoms with Crippen LogP contribution in [0.15, 0.2) is 24.7 Å². The van der Waals surface area contributed by atoms with Crippen molar-refractivity contribution in [2.75, 3.05) is 24.5 Å². The molecule has 2 aromatic heterocycles. The first-order chi connectivity index (χ1) is 15.0. The molecule has 1 atom stereocenters. The number of aromatic amines is 1. The highest BCUT2D eigenvalue weighted by Crippen LogP contribution is 2.29. The molecule has 1 saturated carbocycles. The van der Waals surface area contributed by atoms with Gasteiger partial charge in [0.25, 0.3) is 6.43 Å². The molecule has 8 nitrogen and oxygen atoms in total. The molecule has 2 aliphatic rings. The lowest BCUT2D eigenvalue weighted by Crippen LogP contribution is -2.41. The number of anilines is 1.